The minimum Gasteiger partial charge on any atom is -0.342 e. The van der Waals surface area contributed by atoms with Gasteiger partial charge in [0.2, 0.25) is 5.91 Å². The summed E-state index contributed by atoms with van der Waals surface area (Å²) < 4.78 is 0. The van der Waals surface area contributed by atoms with Crippen LogP contribution in [0, 0.1) is 23.2 Å². The van der Waals surface area contributed by atoms with Gasteiger partial charge in [-0.25, -0.2) is 0 Å². The molecule has 0 saturated carbocycles. The highest BCUT2D eigenvalue weighted by Gasteiger charge is 2.16. The maximum atomic E-state index is 12.0. The van der Waals surface area contributed by atoms with Gasteiger partial charge in [0.05, 0.1) is 12.0 Å². The zero-order valence-electron chi connectivity index (χ0n) is 12.0. The molecule has 0 aromatic rings. The van der Waals surface area contributed by atoms with E-state index in [-0.39, 0.29) is 11.8 Å². The van der Waals surface area contributed by atoms with E-state index < -0.39 is 0 Å². The predicted octanol–water partition coefficient (Wildman–Crippen LogP) is 2.15. The summed E-state index contributed by atoms with van der Waals surface area (Å²) in [6.07, 6.45) is 3.55. The Morgan fingerprint density at radius 2 is 2.06 bits per heavy atom. The van der Waals surface area contributed by atoms with Crippen LogP contribution in [0.1, 0.15) is 46.5 Å². The maximum absolute atomic E-state index is 12.0. The average molecular weight is 253 g/mol. The Bertz CT molecular complexity index is 273. The van der Waals surface area contributed by atoms with Crippen molar-refractivity contribution < 1.29 is 4.79 Å². The largest absolute Gasteiger partial charge is 0.342 e. The zero-order valence-corrected chi connectivity index (χ0v) is 12.0. The number of rotatable bonds is 9. The van der Waals surface area contributed by atoms with Crippen LogP contribution in [0.3, 0.4) is 0 Å². The maximum Gasteiger partial charge on any atom is 0.222 e. The molecule has 0 aromatic carbocycles. The van der Waals surface area contributed by atoms with Crippen molar-refractivity contribution in [3.8, 4) is 6.07 Å². The van der Waals surface area contributed by atoms with Crippen LogP contribution in [0.2, 0.25) is 0 Å². The lowest BCUT2D eigenvalue weighted by Crippen LogP contribution is -2.34. The summed E-state index contributed by atoms with van der Waals surface area (Å²) in [4.78, 5) is 13.8. The van der Waals surface area contributed by atoms with Crippen molar-refractivity contribution in [2.24, 2.45) is 17.6 Å². The number of carbonyl (C=O) groups excluding carboxylic acids is 1. The van der Waals surface area contributed by atoms with Crippen LogP contribution < -0.4 is 5.73 Å². The average Bonchev–Trinajstić information content (AvgIpc) is 2.39. The van der Waals surface area contributed by atoms with Gasteiger partial charge in [-0.05, 0) is 39.2 Å². The molecular formula is C14H27N3O. The lowest BCUT2D eigenvalue weighted by Gasteiger charge is -2.23. The van der Waals surface area contributed by atoms with Gasteiger partial charge in [0, 0.05) is 19.5 Å². The van der Waals surface area contributed by atoms with E-state index in [1.165, 1.54) is 0 Å². The number of hydrogen-bond acceptors (Lipinski definition) is 3. The van der Waals surface area contributed by atoms with Crippen LogP contribution in [0.5, 0.6) is 0 Å². The number of carbonyl (C=O) groups is 1. The molecule has 104 valence electrons. The minimum absolute atomic E-state index is 0.0973. The molecule has 0 fully saturated rings. The van der Waals surface area contributed by atoms with E-state index in [0.717, 1.165) is 19.3 Å². The molecule has 0 bridgehead atoms. The Labute approximate surface area is 111 Å². The molecule has 1 amide bonds. The summed E-state index contributed by atoms with van der Waals surface area (Å²) in [5.74, 6) is 0.612. The Kier molecular flexibility index (Phi) is 9.31. The Balaban J connectivity index is 4.15. The van der Waals surface area contributed by atoms with Crippen molar-refractivity contribution in [1.29, 1.82) is 5.26 Å². The fourth-order valence-corrected chi connectivity index (χ4v) is 2.05. The summed E-state index contributed by atoms with van der Waals surface area (Å²) in [6.45, 7) is 7.85. The van der Waals surface area contributed by atoms with Crippen molar-refractivity contribution in [2.45, 2.75) is 46.5 Å². The molecule has 0 aliphatic rings. The third-order valence-electron chi connectivity index (χ3n) is 3.37. The molecule has 2 atom stereocenters. The first-order valence-corrected chi connectivity index (χ1v) is 6.96. The second-order valence-corrected chi connectivity index (χ2v) is 4.85. The number of hydrogen-bond donors (Lipinski definition) is 1. The van der Waals surface area contributed by atoms with Gasteiger partial charge in [0.25, 0.3) is 0 Å². The van der Waals surface area contributed by atoms with Crippen molar-refractivity contribution in [1.82, 2.24) is 4.90 Å². The molecule has 0 spiro atoms. The van der Waals surface area contributed by atoms with E-state index in [0.29, 0.717) is 32.0 Å². The van der Waals surface area contributed by atoms with Crippen molar-refractivity contribution >= 4 is 5.91 Å². The quantitative estimate of drug-likeness (QED) is 0.684. The smallest absolute Gasteiger partial charge is 0.222 e. The molecule has 2 unspecified atom stereocenters. The van der Waals surface area contributed by atoms with Gasteiger partial charge in [-0.3, -0.25) is 4.79 Å². The first kappa shape index (κ1) is 16.9. The zero-order chi connectivity index (χ0) is 14.0. The minimum atomic E-state index is -0.0973. The van der Waals surface area contributed by atoms with Gasteiger partial charge in [0.1, 0.15) is 0 Å². The van der Waals surface area contributed by atoms with E-state index in [1.807, 2.05) is 13.8 Å². The first-order chi connectivity index (χ1) is 8.58. The molecule has 4 heteroatoms. The summed E-state index contributed by atoms with van der Waals surface area (Å²) in [6, 6.07) is 2.17. The SMILES string of the molecule is CCC(CCN)CCC(=O)N(CC)CC(C)C#N. The van der Waals surface area contributed by atoms with E-state index in [9.17, 15) is 4.79 Å². The molecule has 0 rings (SSSR count). The van der Waals surface area contributed by atoms with Crippen LogP contribution in [-0.4, -0.2) is 30.4 Å². The lowest BCUT2D eigenvalue weighted by molar-refractivity contribution is -0.131. The fraction of sp³-hybridized carbons (Fsp3) is 0.857. The van der Waals surface area contributed by atoms with Crippen molar-refractivity contribution in [3.63, 3.8) is 0 Å². The monoisotopic (exact) mass is 253 g/mol. The van der Waals surface area contributed by atoms with Gasteiger partial charge < -0.3 is 10.6 Å². The van der Waals surface area contributed by atoms with Gasteiger partial charge in [-0.2, -0.15) is 5.26 Å². The third kappa shape index (κ3) is 6.61. The lowest BCUT2D eigenvalue weighted by atomic mass is 9.96. The van der Waals surface area contributed by atoms with Gasteiger partial charge in [0.15, 0.2) is 0 Å². The standard InChI is InChI=1S/C14H27N3O/c1-4-13(8-9-15)6-7-14(18)17(5-2)11-12(3)10-16/h12-13H,4-9,11,15H2,1-3H3. The molecule has 18 heavy (non-hydrogen) atoms. The second-order valence-electron chi connectivity index (χ2n) is 4.85. The van der Waals surface area contributed by atoms with E-state index in [4.69, 9.17) is 11.0 Å². The van der Waals surface area contributed by atoms with Crippen LogP contribution in [0.25, 0.3) is 0 Å². The van der Waals surface area contributed by atoms with Crippen LogP contribution in [0.4, 0.5) is 0 Å². The normalized spacial score (nSPS) is 13.7. The molecule has 0 aromatic heterocycles. The predicted molar refractivity (Wildman–Crippen MR) is 73.7 cm³/mol. The first-order valence-electron chi connectivity index (χ1n) is 6.96. The molecule has 0 aliphatic carbocycles. The number of nitriles is 1. The number of nitrogens with two attached hydrogens (primary N) is 1. The highest BCUT2D eigenvalue weighted by atomic mass is 16.2. The van der Waals surface area contributed by atoms with Gasteiger partial charge in [-0.15, -0.1) is 0 Å². The molecule has 0 radical (unpaired) electrons. The number of amides is 1. The Morgan fingerprint density at radius 3 is 2.50 bits per heavy atom. The highest BCUT2D eigenvalue weighted by molar-refractivity contribution is 5.76. The molecule has 4 nitrogen and oxygen atoms in total. The van der Waals surface area contributed by atoms with E-state index in [1.54, 1.807) is 4.90 Å². The third-order valence-corrected chi connectivity index (χ3v) is 3.37. The Morgan fingerprint density at radius 1 is 1.39 bits per heavy atom. The summed E-state index contributed by atoms with van der Waals surface area (Å²) in [5.41, 5.74) is 5.55. The number of nitrogens with zero attached hydrogens (tertiary/aromatic N) is 2. The molecule has 0 saturated heterocycles. The van der Waals surface area contributed by atoms with Crippen LogP contribution in [0.15, 0.2) is 0 Å². The van der Waals surface area contributed by atoms with Crippen molar-refractivity contribution in [3.05, 3.63) is 0 Å². The molecule has 2 N–H and O–H groups in total. The van der Waals surface area contributed by atoms with Gasteiger partial charge >= 0.3 is 0 Å². The summed E-state index contributed by atoms with van der Waals surface area (Å²) in [7, 11) is 0. The van der Waals surface area contributed by atoms with E-state index in [2.05, 4.69) is 13.0 Å². The topological polar surface area (TPSA) is 70.1 Å². The summed E-state index contributed by atoms with van der Waals surface area (Å²) in [5, 5.41) is 8.79. The fourth-order valence-electron chi connectivity index (χ4n) is 2.05. The van der Waals surface area contributed by atoms with Crippen LogP contribution in [-0.2, 0) is 4.79 Å². The highest BCUT2D eigenvalue weighted by Crippen LogP contribution is 2.15. The van der Waals surface area contributed by atoms with Crippen LogP contribution >= 0.6 is 0 Å². The molecule has 0 aliphatic heterocycles. The summed E-state index contributed by atoms with van der Waals surface area (Å²) >= 11 is 0. The second kappa shape index (κ2) is 9.90. The van der Waals surface area contributed by atoms with Crippen molar-refractivity contribution in [2.75, 3.05) is 19.6 Å². The molecule has 0 heterocycles. The van der Waals surface area contributed by atoms with Gasteiger partial charge in [-0.1, -0.05) is 13.3 Å². The molecular weight excluding hydrogens is 226 g/mol. The Hall–Kier alpha value is -1.08. The van der Waals surface area contributed by atoms with E-state index >= 15 is 0 Å².